The van der Waals surface area contributed by atoms with Crippen molar-refractivity contribution in [3.05, 3.63) is 22.8 Å². The van der Waals surface area contributed by atoms with E-state index < -0.39 is 0 Å². The molecular formula is C13H19N3O. The fourth-order valence-corrected chi connectivity index (χ4v) is 2.70. The summed E-state index contributed by atoms with van der Waals surface area (Å²) in [7, 11) is 0. The summed E-state index contributed by atoms with van der Waals surface area (Å²) in [6.45, 7) is 5.83. The Hall–Kier alpha value is -1.00. The molecule has 3 rings (SSSR count). The zero-order chi connectivity index (χ0) is 11.7. The number of ether oxygens (including phenoxy) is 1. The number of aromatic nitrogens is 2. The number of rotatable bonds is 2. The van der Waals surface area contributed by atoms with Crippen molar-refractivity contribution >= 4 is 0 Å². The molecule has 1 saturated heterocycles. The maximum atomic E-state index is 5.40. The van der Waals surface area contributed by atoms with Crippen LogP contribution in [0.4, 0.5) is 0 Å². The summed E-state index contributed by atoms with van der Waals surface area (Å²) in [5, 5.41) is 3.37. The first-order chi connectivity index (χ1) is 8.33. The zero-order valence-corrected chi connectivity index (χ0v) is 10.3. The standard InChI is InChI=1S/C13H19N3O/c1-9-11-2-4-14-7-12(11)16-13(15-9)6-10-3-5-17-8-10/h10,14H,2-8H2,1H3. The van der Waals surface area contributed by atoms with Gasteiger partial charge in [-0.3, -0.25) is 0 Å². The maximum Gasteiger partial charge on any atom is 0.129 e. The normalized spacial score (nSPS) is 23.7. The fourth-order valence-electron chi connectivity index (χ4n) is 2.70. The van der Waals surface area contributed by atoms with Gasteiger partial charge in [-0.15, -0.1) is 0 Å². The Labute approximate surface area is 102 Å². The van der Waals surface area contributed by atoms with Crippen LogP contribution in [-0.2, 0) is 24.1 Å². The lowest BCUT2D eigenvalue weighted by Gasteiger charge is -2.19. The fraction of sp³-hybridized carbons (Fsp3) is 0.692. The molecule has 2 aliphatic rings. The Bertz CT molecular complexity index is 413. The van der Waals surface area contributed by atoms with Gasteiger partial charge in [0.2, 0.25) is 0 Å². The molecule has 1 N–H and O–H groups in total. The van der Waals surface area contributed by atoms with Gasteiger partial charge >= 0.3 is 0 Å². The summed E-state index contributed by atoms with van der Waals surface area (Å²) in [6.07, 6.45) is 3.18. The van der Waals surface area contributed by atoms with Crippen molar-refractivity contribution < 1.29 is 4.74 Å². The number of fused-ring (bicyclic) bond motifs is 1. The van der Waals surface area contributed by atoms with Gasteiger partial charge in [0, 0.05) is 31.9 Å². The lowest BCUT2D eigenvalue weighted by molar-refractivity contribution is 0.185. The van der Waals surface area contributed by atoms with Crippen molar-refractivity contribution in [2.24, 2.45) is 5.92 Å². The monoisotopic (exact) mass is 233 g/mol. The molecule has 1 unspecified atom stereocenters. The van der Waals surface area contributed by atoms with E-state index in [0.717, 1.165) is 51.4 Å². The van der Waals surface area contributed by atoms with Crippen LogP contribution in [0, 0.1) is 12.8 Å². The number of nitrogens with zero attached hydrogens (tertiary/aromatic N) is 2. The molecule has 4 nitrogen and oxygen atoms in total. The van der Waals surface area contributed by atoms with Gasteiger partial charge in [0.15, 0.2) is 0 Å². The molecule has 1 fully saturated rings. The highest BCUT2D eigenvalue weighted by molar-refractivity contribution is 5.27. The predicted molar refractivity (Wildman–Crippen MR) is 64.8 cm³/mol. The molecule has 0 amide bonds. The second-order valence-electron chi connectivity index (χ2n) is 5.01. The van der Waals surface area contributed by atoms with E-state index in [1.54, 1.807) is 0 Å². The van der Waals surface area contributed by atoms with Gasteiger partial charge in [0.05, 0.1) is 5.69 Å². The van der Waals surface area contributed by atoms with Crippen molar-refractivity contribution in [2.45, 2.75) is 32.7 Å². The van der Waals surface area contributed by atoms with E-state index in [4.69, 9.17) is 9.72 Å². The number of nitrogens with one attached hydrogen (secondary N) is 1. The molecular weight excluding hydrogens is 214 g/mol. The molecule has 17 heavy (non-hydrogen) atoms. The second-order valence-corrected chi connectivity index (χ2v) is 5.01. The van der Waals surface area contributed by atoms with Gasteiger partial charge in [-0.1, -0.05) is 0 Å². The lowest BCUT2D eigenvalue weighted by Crippen LogP contribution is -2.27. The van der Waals surface area contributed by atoms with Gasteiger partial charge < -0.3 is 10.1 Å². The Kier molecular flexibility index (Phi) is 3.07. The summed E-state index contributed by atoms with van der Waals surface area (Å²) in [4.78, 5) is 9.36. The molecule has 0 aliphatic carbocycles. The third kappa shape index (κ3) is 2.33. The topological polar surface area (TPSA) is 47.0 Å². The highest BCUT2D eigenvalue weighted by Gasteiger charge is 2.20. The van der Waals surface area contributed by atoms with Gasteiger partial charge in [0.25, 0.3) is 0 Å². The third-order valence-corrected chi connectivity index (χ3v) is 3.69. The Balaban J connectivity index is 1.82. The first-order valence-electron chi connectivity index (χ1n) is 6.46. The van der Waals surface area contributed by atoms with Crippen molar-refractivity contribution in [3.63, 3.8) is 0 Å². The Morgan fingerprint density at radius 2 is 2.35 bits per heavy atom. The smallest absolute Gasteiger partial charge is 0.129 e. The van der Waals surface area contributed by atoms with Crippen LogP contribution >= 0.6 is 0 Å². The van der Waals surface area contributed by atoms with Crippen LogP contribution in [-0.4, -0.2) is 29.7 Å². The van der Waals surface area contributed by atoms with Crippen molar-refractivity contribution in [3.8, 4) is 0 Å². The maximum absolute atomic E-state index is 5.40. The average molecular weight is 233 g/mol. The van der Waals surface area contributed by atoms with E-state index in [0.29, 0.717) is 5.92 Å². The molecule has 1 atom stereocenters. The van der Waals surface area contributed by atoms with Crippen LogP contribution in [0.15, 0.2) is 0 Å². The van der Waals surface area contributed by atoms with Gasteiger partial charge in [0.1, 0.15) is 5.82 Å². The van der Waals surface area contributed by atoms with Gasteiger partial charge in [-0.25, -0.2) is 9.97 Å². The molecule has 1 aromatic rings. The second kappa shape index (κ2) is 4.70. The van der Waals surface area contributed by atoms with Crippen LogP contribution in [0.5, 0.6) is 0 Å². The highest BCUT2D eigenvalue weighted by Crippen LogP contribution is 2.19. The first-order valence-corrected chi connectivity index (χ1v) is 6.46. The minimum atomic E-state index is 0.615. The quantitative estimate of drug-likeness (QED) is 0.828. The molecule has 1 aromatic heterocycles. The summed E-state index contributed by atoms with van der Waals surface area (Å²) >= 11 is 0. The van der Waals surface area contributed by atoms with Crippen molar-refractivity contribution in [2.75, 3.05) is 19.8 Å². The van der Waals surface area contributed by atoms with E-state index in [1.807, 2.05) is 0 Å². The Morgan fingerprint density at radius 3 is 3.18 bits per heavy atom. The highest BCUT2D eigenvalue weighted by atomic mass is 16.5. The molecule has 92 valence electrons. The minimum absolute atomic E-state index is 0.615. The van der Waals surface area contributed by atoms with Gasteiger partial charge in [-0.05, 0) is 37.8 Å². The SMILES string of the molecule is Cc1nc(CC2CCOC2)nc2c1CCNC2. The van der Waals surface area contributed by atoms with E-state index in [-0.39, 0.29) is 0 Å². The van der Waals surface area contributed by atoms with Crippen molar-refractivity contribution in [1.29, 1.82) is 0 Å². The van der Waals surface area contributed by atoms with E-state index >= 15 is 0 Å². The lowest BCUT2D eigenvalue weighted by atomic mass is 10.0. The van der Waals surface area contributed by atoms with E-state index in [9.17, 15) is 0 Å². The zero-order valence-electron chi connectivity index (χ0n) is 10.3. The minimum Gasteiger partial charge on any atom is -0.381 e. The molecule has 0 aromatic carbocycles. The molecule has 0 spiro atoms. The summed E-state index contributed by atoms with van der Waals surface area (Å²) < 4.78 is 5.40. The van der Waals surface area contributed by atoms with Crippen LogP contribution < -0.4 is 5.32 Å². The first kappa shape index (κ1) is 11.1. The molecule has 0 saturated carbocycles. The van der Waals surface area contributed by atoms with Crippen LogP contribution in [0.3, 0.4) is 0 Å². The van der Waals surface area contributed by atoms with Crippen LogP contribution in [0.1, 0.15) is 29.2 Å². The van der Waals surface area contributed by atoms with Crippen molar-refractivity contribution in [1.82, 2.24) is 15.3 Å². The summed E-state index contributed by atoms with van der Waals surface area (Å²) in [6, 6.07) is 0. The molecule has 3 heterocycles. The molecule has 0 bridgehead atoms. The van der Waals surface area contributed by atoms with E-state index in [2.05, 4.69) is 17.2 Å². The van der Waals surface area contributed by atoms with Gasteiger partial charge in [-0.2, -0.15) is 0 Å². The summed E-state index contributed by atoms with van der Waals surface area (Å²) in [5.74, 6) is 1.62. The van der Waals surface area contributed by atoms with E-state index in [1.165, 1.54) is 17.0 Å². The van der Waals surface area contributed by atoms with Crippen LogP contribution in [0.25, 0.3) is 0 Å². The molecule has 2 aliphatic heterocycles. The largest absolute Gasteiger partial charge is 0.381 e. The number of hydrogen-bond donors (Lipinski definition) is 1. The predicted octanol–water partition coefficient (Wildman–Crippen LogP) is 1.01. The summed E-state index contributed by atoms with van der Waals surface area (Å²) in [5.41, 5.74) is 3.73. The Morgan fingerprint density at radius 1 is 1.41 bits per heavy atom. The average Bonchev–Trinajstić information content (AvgIpc) is 2.82. The van der Waals surface area contributed by atoms with Crippen LogP contribution in [0.2, 0.25) is 0 Å². The number of aryl methyl sites for hydroxylation is 1. The third-order valence-electron chi connectivity index (χ3n) is 3.69. The molecule has 4 heteroatoms. The molecule has 0 radical (unpaired) electrons. The number of hydrogen-bond acceptors (Lipinski definition) is 4.